The molecule has 0 spiro atoms. The molecule has 0 atom stereocenters. The molecular formula is C18H23NO3. The minimum Gasteiger partial charge on any atom is -0.465 e. The number of benzene rings is 1. The zero-order valence-electron chi connectivity index (χ0n) is 13.6. The number of furan rings is 1. The Morgan fingerprint density at radius 1 is 1.23 bits per heavy atom. The first-order valence-electron chi connectivity index (χ1n) is 7.47. The van der Waals surface area contributed by atoms with Crippen LogP contribution in [0.4, 0.5) is 0 Å². The lowest BCUT2D eigenvalue weighted by Crippen LogP contribution is -2.29. The molecule has 1 heterocycles. The first kappa shape index (κ1) is 16.3. The number of methoxy groups -OCH3 is 1. The van der Waals surface area contributed by atoms with Crippen molar-refractivity contribution in [3.8, 4) is 0 Å². The standard InChI is InChI=1S/C18H23NO3/c1-13(2)19(11-15-8-6-5-7-9-15)12-16-10-17(14(3)22-16)18(20)21-4/h5-10,13H,11-12H2,1-4H3. The van der Waals surface area contributed by atoms with Gasteiger partial charge in [0.15, 0.2) is 0 Å². The third-order valence-corrected chi connectivity index (χ3v) is 3.69. The third kappa shape index (κ3) is 3.98. The van der Waals surface area contributed by atoms with E-state index in [1.165, 1.54) is 12.7 Å². The summed E-state index contributed by atoms with van der Waals surface area (Å²) < 4.78 is 10.5. The van der Waals surface area contributed by atoms with E-state index in [-0.39, 0.29) is 5.97 Å². The van der Waals surface area contributed by atoms with E-state index in [0.29, 0.717) is 23.9 Å². The lowest BCUT2D eigenvalue weighted by Gasteiger charge is -2.25. The van der Waals surface area contributed by atoms with E-state index in [9.17, 15) is 4.79 Å². The Kier molecular flexibility index (Phi) is 5.39. The Hall–Kier alpha value is -2.07. The van der Waals surface area contributed by atoms with Crippen LogP contribution in [-0.2, 0) is 17.8 Å². The predicted octanol–water partition coefficient (Wildman–Crippen LogP) is 3.79. The van der Waals surface area contributed by atoms with Crippen LogP contribution in [0.5, 0.6) is 0 Å². The highest BCUT2D eigenvalue weighted by Gasteiger charge is 2.18. The van der Waals surface area contributed by atoms with Gasteiger partial charge in [0.05, 0.1) is 13.7 Å². The Morgan fingerprint density at radius 2 is 1.91 bits per heavy atom. The third-order valence-electron chi connectivity index (χ3n) is 3.69. The van der Waals surface area contributed by atoms with Crippen LogP contribution in [0.2, 0.25) is 0 Å². The molecular weight excluding hydrogens is 278 g/mol. The van der Waals surface area contributed by atoms with Crippen molar-refractivity contribution < 1.29 is 13.9 Å². The molecule has 0 unspecified atom stereocenters. The summed E-state index contributed by atoms with van der Waals surface area (Å²) in [7, 11) is 1.38. The predicted molar refractivity (Wildman–Crippen MR) is 85.6 cm³/mol. The first-order valence-corrected chi connectivity index (χ1v) is 7.47. The molecule has 0 aliphatic carbocycles. The van der Waals surface area contributed by atoms with Crippen LogP contribution >= 0.6 is 0 Å². The molecule has 0 aliphatic rings. The highest BCUT2D eigenvalue weighted by atomic mass is 16.5. The topological polar surface area (TPSA) is 42.7 Å². The molecule has 0 saturated heterocycles. The van der Waals surface area contributed by atoms with Crippen molar-refractivity contribution in [3.05, 3.63) is 59.0 Å². The molecule has 1 aromatic heterocycles. The van der Waals surface area contributed by atoms with E-state index in [2.05, 4.69) is 30.9 Å². The SMILES string of the molecule is COC(=O)c1cc(CN(Cc2ccccc2)C(C)C)oc1C. The van der Waals surface area contributed by atoms with Crippen LogP contribution in [0.3, 0.4) is 0 Å². The molecule has 4 heteroatoms. The summed E-state index contributed by atoms with van der Waals surface area (Å²) in [4.78, 5) is 14.0. The lowest BCUT2D eigenvalue weighted by molar-refractivity contribution is 0.0599. The Bertz CT molecular complexity index is 617. The normalized spacial score (nSPS) is 11.2. The van der Waals surface area contributed by atoms with Crippen LogP contribution in [0, 0.1) is 6.92 Å². The molecule has 22 heavy (non-hydrogen) atoms. The van der Waals surface area contributed by atoms with E-state index < -0.39 is 0 Å². The molecule has 0 radical (unpaired) electrons. The van der Waals surface area contributed by atoms with Gasteiger partial charge < -0.3 is 9.15 Å². The minimum atomic E-state index is -0.355. The number of ether oxygens (including phenoxy) is 1. The molecule has 118 valence electrons. The lowest BCUT2D eigenvalue weighted by atomic mass is 10.2. The number of rotatable bonds is 6. The summed E-state index contributed by atoms with van der Waals surface area (Å²) in [5.74, 6) is 1.03. The zero-order chi connectivity index (χ0) is 16.1. The van der Waals surface area contributed by atoms with Crippen LogP contribution in [0.1, 0.15) is 41.3 Å². The minimum absolute atomic E-state index is 0.355. The molecule has 0 fully saturated rings. The van der Waals surface area contributed by atoms with Gasteiger partial charge in [-0.05, 0) is 32.4 Å². The summed E-state index contributed by atoms with van der Waals surface area (Å²) >= 11 is 0. The number of carbonyl (C=O) groups excluding carboxylic acids is 1. The second-order valence-electron chi connectivity index (χ2n) is 5.66. The molecule has 0 aliphatic heterocycles. The fraction of sp³-hybridized carbons (Fsp3) is 0.389. The maximum atomic E-state index is 11.7. The van der Waals surface area contributed by atoms with Gasteiger partial charge in [-0.25, -0.2) is 4.79 Å². The second kappa shape index (κ2) is 7.27. The van der Waals surface area contributed by atoms with Crippen LogP contribution < -0.4 is 0 Å². The monoisotopic (exact) mass is 301 g/mol. The number of hydrogen-bond acceptors (Lipinski definition) is 4. The number of aryl methyl sites for hydroxylation is 1. The fourth-order valence-electron chi connectivity index (χ4n) is 2.37. The molecule has 0 saturated carbocycles. The van der Waals surface area contributed by atoms with Gasteiger partial charge in [0.25, 0.3) is 0 Å². The van der Waals surface area contributed by atoms with Crippen LogP contribution in [0.25, 0.3) is 0 Å². The highest BCUT2D eigenvalue weighted by molar-refractivity contribution is 5.90. The van der Waals surface area contributed by atoms with Gasteiger partial charge in [-0.2, -0.15) is 0 Å². The molecule has 2 aromatic rings. The Labute approximate surface area is 131 Å². The summed E-state index contributed by atoms with van der Waals surface area (Å²) in [5, 5.41) is 0. The van der Waals surface area contributed by atoms with Gasteiger partial charge in [-0.1, -0.05) is 30.3 Å². The number of hydrogen-bond donors (Lipinski definition) is 0. The zero-order valence-corrected chi connectivity index (χ0v) is 13.6. The molecule has 0 N–H and O–H groups in total. The summed E-state index contributed by atoms with van der Waals surface area (Å²) in [5.41, 5.74) is 1.76. The number of carbonyl (C=O) groups is 1. The van der Waals surface area contributed by atoms with Crippen molar-refractivity contribution in [1.29, 1.82) is 0 Å². The average Bonchev–Trinajstić information content (AvgIpc) is 2.87. The van der Waals surface area contributed by atoms with Crippen molar-refractivity contribution in [2.45, 2.75) is 39.9 Å². The maximum absolute atomic E-state index is 11.7. The van der Waals surface area contributed by atoms with E-state index in [0.717, 1.165) is 12.3 Å². The van der Waals surface area contributed by atoms with Crippen LogP contribution in [-0.4, -0.2) is 24.0 Å². The second-order valence-corrected chi connectivity index (χ2v) is 5.66. The van der Waals surface area contributed by atoms with Gasteiger partial charge in [-0.3, -0.25) is 4.90 Å². The molecule has 1 aromatic carbocycles. The average molecular weight is 301 g/mol. The number of nitrogens with zero attached hydrogens (tertiary/aromatic N) is 1. The van der Waals surface area contributed by atoms with Crippen LogP contribution in [0.15, 0.2) is 40.8 Å². The van der Waals surface area contributed by atoms with Gasteiger partial charge in [0.1, 0.15) is 17.1 Å². The largest absolute Gasteiger partial charge is 0.465 e. The van der Waals surface area contributed by atoms with Gasteiger partial charge in [-0.15, -0.1) is 0 Å². The summed E-state index contributed by atoms with van der Waals surface area (Å²) in [6.07, 6.45) is 0. The summed E-state index contributed by atoms with van der Waals surface area (Å²) in [6.45, 7) is 7.59. The molecule has 2 rings (SSSR count). The van der Waals surface area contributed by atoms with E-state index in [1.807, 2.05) is 18.2 Å². The quantitative estimate of drug-likeness (QED) is 0.761. The van der Waals surface area contributed by atoms with Crippen molar-refractivity contribution >= 4 is 5.97 Å². The van der Waals surface area contributed by atoms with Gasteiger partial charge >= 0.3 is 5.97 Å². The Balaban J connectivity index is 2.13. The summed E-state index contributed by atoms with van der Waals surface area (Å²) in [6, 6.07) is 12.5. The fourth-order valence-corrected chi connectivity index (χ4v) is 2.37. The van der Waals surface area contributed by atoms with Crippen molar-refractivity contribution in [1.82, 2.24) is 4.90 Å². The van der Waals surface area contributed by atoms with E-state index >= 15 is 0 Å². The number of esters is 1. The van der Waals surface area contributed by atoms with Gasteiger partial charge in [0, 0.05) is 12.6 Å². The van der Waals surface area contributed by atoms with Crippen molar-refractivity contribution in [3.63, 3.8) is 0 Å². The van der Waals surface area contributed by atoms with Gasteiger partial charge in [0.2, 0.25) is 0 Å². The highest BCUT2D eigenvalue weighted by Crippen LogP contribution is 2.19. The van der Waals surface area contributed by atoms with E-state index in [1.54, 1.807) is 13.0 Å². The molecule has 4 nitrogen and oxygen atoms in total. The molecule has 0 bridgehead atoms. The Morgan fingerprint density at radius 3 is 2.50 bits per heavy atom. The van der Waals surface area contributed by atoms with Crippen molar-refractivity contribution in [2.75, 3.05) is 7.11 Å². The van der Waals surface area contributed by atoms with Crippen molar-refractivity contribution in [2.24, 2.45) is 0 Å². The first-order chi connectivity index (χ1) is 10.5. The maximum Gasteiger partial charge on any atom is 0.341 e. The molecule has 0 amide bonds. The van der Waals surface area contributed by atoms with E-state index in [4.69, 9.17) is 9.15 Å². The smallest absolute Gasteiger partial charge is 0.341 e.